The summed E-state index contributed by atoms with van der Waals surface area (Å²) in [5.41, 5.74) is 1.90. The molecule has 1 aromatic rings. The Kier molecular flexibility index (Phi) is 5.85. The van der Waals surface area contributed by atoms with Gasteiger partial charge in [0.2, 0.25) is 0 Å². The summed E-state index contributed by atoms with van der Waals surface area (Å²) < 4.78 is 0. The van der Waals surface area contributed by atoms with Gasteiger partial charge in [-0.2, -0.15) is 0 Å². The van der Waals surface area contributed by atoms with Gasteiger partial charge >= 0.3 is 12.0 Å². The molecule has 0 aliphatic heterocycles. The number of rotatable bonds is 6. The molecular formula is C14H20N2O3. The number of anilines is 1. The molecule has 0 atom stereocenters. The van der Waals surface area contributed by atoms with Crippen LogP contribution in [0.1, 0.15) is 24.8 Å². The van der Waals surface area contributed by atoms with Gasteiger partial charge in [-0.1, -0.05) is 18.2 Å². The van der Waals surface area contributed by atoms with Gasteiger partial charge in [-0.25, -0.2) is 4.79 Å². The topological polar surface area (TPSA) is 69.6 Å². The predicted molar refractivity (Wildman–Crippen MR) is 74.5 cm³/mol. The molecule has 19 heavy (non-hydrogen) atoms. The minimum absolute atomic E-state index is 0.142. The first-order valence-electron chi connectivity index (χ1n) is 6.31. The minimum atomic E-state index is -0.802. The first kappa shape index (κ1) is 15.0. The smallest absolute Gasteiger partial charge is 0.321 e. The van der Waals surface area contributed by atoms with E-state index in [4.69, 9.17) is 5.11 Å². The summed E-state index contributed by atoms with van der Waals surface area (Å²) in [6.07, 6.45) is 1.38. The van der Waals surface area contributed by atoms with Gasteiger partial charge in [0, 0.05) is 25.7 Å². The number of nitrogens with one attached hydrogen (secondary N) is 1. The zero-order chi connectivity index (χ0) is 14.3. The average molecular weight is 264 g/mol. The molecule has 0 aliphatic carbocycles. The molecule has 5 heteroatoms. The standard InChI is InChI=1S/C14H20N2O3/c1-11-7-3-4-8-12(11)16(2)14(19)15-10-6-5-9-13(17)18/h3-4,7-8H,5-6,9-10H2,1-2H3,(H,15,19)(H,17,18). The zero-order valence-corrected chi connectivity index (χ0v) is 11.3. The lowest BCUT2D eigenvalue weighted by molar-refractivity contribution is -0.137. The van der Waals surface area contributed by atoms with Crippen molar-refractivity contribution in [3.05, 3.63) is 29.8 Å². The van der Waals surface area contributed by atoms with Crippen LogP contribution >= 0.6 is 0 Å². The van der Waals surface area contributed by atoms with Gasteiger partial charge in [-0.05, 0) is 31.4 Å². The molecule has 104 valence electrons. The number of amides is 2. The van der Waals surface area contributed by atoms with Crippen molar-refractivity contribution in [1.82, 2.24) is 5.32 Å². The fourth-order valence-corrected chi connectivity index (χ4v) is 1.76. The average Bonchev–Trinajstić information content (AvgIpc) is 2.37. The Morgan fingerprint density at radius 3 is 2.58 bits per heavy atom. The van der Waals surface area contributed by atoms with Gasteiger partial charge in [-0.3, -0.25) is 9.69 Å². The second kappa shape index (κ2) is 7.41. The Bertz CT molecular complexity index is 446. The number of carbonyl (C=O) groups is 2. The summed E-state index contributed by atoms with van der Waals surface area (Å²) in [5.74, 6) is -0.802. The van der Waals surface area contributed by atoms with Gasteiger partial charge in [0.15, 0.2) is 0 Å². The fourth-order valence-electron chi connectivity index (χ4n) is 1.76. The van der Waals surface area contributed by atoms with Crippen LogP contribution in [0.25, 0.3) is 0 Å². The molecule has 2 amide bonds. The second-order valence-corrected chi connectivity index (χ2v) is 4.43. The van der Waals surface area contributed by atoms with Crippen LogP contribution in [-0.2, 0) is 4.79 Å². The van der Waals surface area contributed by atoms with Crippen molar-refractivity contribution >= 4 is 17.7 Å². The third-order valence-corrected chi connectivity index (χ3v) is 2.88. The van der Waals surface area contributed by atoms with Crippen molar-refractivity contribution in [2.75, 3.05) is 18.5 Å². The number of urea groups is 1. The molecule has 0 aliphatic rings. The number of hydrogen-bond acceptors (Lipinski definition) is 2. The van der Waals surface area contributed by atoms with E-state index in [0.717, 1.165) is 11.3 Å². The Hall–Kier alpha value is -2.04. The van der Waals surface area contributed by atoms with Crippen LogP contribution < -0.4 is 10.2 Å². The number of hydrogen-bond donors (Lipinski definition) is 2. The van der Waals surface area contributed by atoms with E-state index < -0.39 is 5.97 Å². The Labute approximate surface area is 113 Å². The maximum atomic E-state index is 11.9. The van der Waals surface area contributed by atoms with Gasteiger partial charge in [0.05, 0.1) is 0 Å². The monoisotopic (exact) mass is 264 g/mol. The highest BCUT2D eigenvalue weighted by atomic mass is 16.4. The largest absolute Gasteiger partial charge is 0.481 e. The molecule has 0 saturated carbocycles. The van der Waals surface area contributed by atoms with E-state index in [0.29, 0.717) is 19.4 Å². The lowest BCUT2D eigenvalue weighted by atomic mass is 10.2. The highest BCUT2D eigenvalue weighted by molar-refractivity contribution is 5.92. The van der Waals surface area contributed by atoms with E-state index in [1.165, 1.54) is 0 Å². The summed E-state index contributed by atoms with van der Waals surface area (Å²) in [6, 6.07) is 7.48. The van der Waals surface area contributed by atoms with E-state index >= 15 is 0 Å². The molecule has 1 rings (SSSR count). The number of benzene rings is 1. The van der Waals surface area contributed by atoms with Crippen LogP contribution in [0.15, 0.2) is 24.3 Å². The van der Waals surface area contributed by atoms with Crippen molar-refractivity contribution in [1.29, 1.82) is 0 Å². The number of unbranched alkanes of at least 4 members (excludes halogenated alkanes) is 1. The van der Waals surface area contributed by atoms with Crippen LogP contribution in [-0.4, -0.2) is 30.7 Å². The first-order chi connectivity index (χ1) is 9.02. The SMILES string of the molecule is Cc1ccccc1N(C)C(=O)NCCCCC(=O)O. The number of para-hydroxylation sites is 1. The van der Waals surface area contributed by atoms with Gasteiger partial charge < -0.3 is 10.4 Å². The molecule has 5 nitrogen and oxygen atoms in total. The predicted octanol–water partition coefficient (Wildman–Crippen LogP) is 2.40. The van der Waals surface area contributed by atoms with Crippen LogP contribution in [0.5, 0.6) is 0 Å². The highest BCUT2D eigenvalue weighted by Gasteiger charge is 2.11. The Morgan fingerprint density at radius 2 is 1.95 bits per heavy atom. The zero-order valence-electron chi connectivity index (χ0n) is 11.3. The summed E-state index contributed by atoms with van der Waals surface area (Å²) in [7, 11) is 1.72. The number of nitrogens with zero attached hydrogens (tertiary/aromatic N) is 1. The number of carboxylic acid groups (broad SMARTS) is 1. The third-order valence-electron chi connectivity index (χ3n) is 2.88. The third kappa shape index (κ3) is 4.99. The summed E-state index contributed by atoms with van der Waals surface area (Å²) in [4.78, 5) is 23.8. The Balaban J connectivity index is 2.37. The minimum Gasteiger partial charge on any atom is -0.481 e. The van der Waals surface area contributed by atoms with Crippen molar-refractivity contribution in [2.45, 2.75) is 26.2 Å². The lowest BCUT2D eigenvalue weighted by Gasteiger charge is -2.19. The molecule has 0 spiro atoms. The molecule has 1 aromatic carbocycles. The maximum absolute atomic E-state index is 11.9. The lowest BCUT2D eigenvalue weighted by Crippen LogP contribution is -2.38. The van der Waals surface area contributed by atoms with E-state index in [1.54, 1.807) is 11.9 Å². The number of carboxylic acids is 1. The van der Waals surface area contributed by atoms with Crippen LogP contribution in [0.3, 0.4) is 0 Å². The normalized spacial score (nSPS) is 10.0. The number of aryl methyl sites for hydroxylation is 1. The summed E-state index contributed by atoms with van der Waals surface area (Å²) in [6.45, 7) is 2.44. The van der Waals surface area contributed by atoms with Crippen LogP contribution in [0, 0.1) is 6.92 Å². The number of carbonyl (C=O) groups excluding carboxylic acids is 1. The van der Waals surface area contributed by atoms with Crippen LogP contribution in [0.2, 0.25) is 0 Å². The van der Waals surface area contributed by atoms with Crippen molar-refractivity contribution in [2.24, 2.45) is 0 Å². The fraction of sp³-hybridized carbons (Fsp3) is 0.429. The van der Waals surface area contributed by atoms with Crippen LogP contribution in [0.4, 0.5) is 10.5 Å². The molecule has 0 bridgehead atoms. The maximum Gasteiger partial charge on any atom is 0.321 e. The molecule has 0 fully saturated rings. The second-order valence-electron chi connectivity index (χ2n) is 4.43. The van der Waals surface area contributed by atoms with E-state index in [1.807, 2.05) is 31.2 Å². The first-order valence-corrected chi connectivity index (χ1v) is 6.31. The van der Waals surface area contributed by atoms with Gasteiger partial charge in [0.1, 0.15) is 0 Å². The molecule has 0 radical (unpaired) electrons. The van der Waals surface area contributed by atoms with Crippen molar-refractivity contribution in [3.63, 3.8) is 0 Å². The molecule has 0 heterocycles. The van der Waals surface area contributed by atoms with Gasteiger partial charge in [-0.15, -0.1) is 0 Å². The molecular weight excluding hydrogens is 244 g/mol. The van der Waals surface area contributed by atoms with Gasteiger partial charge in [0.25, 0.3) is 0 Å². The van der Waals surface area contributed by atoms with E-state index in [2.05, 4.69) is 5.32 Å². The highest BCUT2D eigenvalue weighted by Crippen LogP contribution is 2.17. The van der Waals surface area contributed by atoms with E-state index in [9.17, 15) is 9.59 Å². The molecule has 0 aromatic heterocycles. The quantitative estimate of drug-likeness (QED) is 0.775. The number of aliphatic carboxylic acids is 1. The van der Waals surface area contributed by atoms with Crippen molar-refractivity contribution in [3.8, 4) is 0 Å². The summed E-state index contributed by atoms with van der Waals surface area (Å²) in [5, 5.41) is 11.3. The molecule has 2 N–H and O–H groups in total. The molecule has 0 unspecified atom stereocenters. The van der Waals surface area contributed by atoms with E-state index in [-0.39, 0.29) is 12.5 Å². The Morgan fingerprint density at radius 1 is 1.26 bits per heavy atom. The molecule has 0 saturated heterocycles. The van der Waals surface area contributed by atoms with Crippen molar-refractivity contribution < 1.29 is 14.7 Å². The summed E-state index contributed by atoms with van der Waals surface area (Å²) >= 11 is 0.